The third-order valence-electron chi connectivity index (χ3n) is 3.27. The van der Waals surface area contributed by atoms with E-state index in [9.17, 15) is 13.2 Å². The summed E-state index contributed by atoms with van der Waals surface area (Å²) >= 11 is 0. The van der Waals surface area contributed by atoms with E-state index in [2.05, 4.69) is 9.97 Å². The fraction of sp³-hybridized carbons (Fsp3) is 0.200. The van der Waals surface area contributed by atoms with Gasteiger partial charge in [0.25, 0.3) is 0 Å². The molecule has 114 valence electrons. The van der Waals surface area contributed by atoms with E-state index >= 15 is 0 Å². The molecule has 0 aliphatic heterocycles. The maximum atomic E-state index is 12.9. The van der Waals surface area contributed by atoms with Gasteiger partial charge in [0, 0.05) is 13.3 Å². The number of hydrogen-bond donors (Lipinski definition) is 0. The summed E-state index contributed by atoms with van der Waals surface area (Å²) in [7, 11) is 1.54. The quantitative estimate of drug-likeness (QED) is 0.742. The van der Waals surface area contributed by atoms with Gasteiger partial charge < -0.3 is 4.74 Å². The van der Waals surface area contributed by atoms with Crippen LogP contribution in [0.4, 0.5) is 13.2 Å². The lowest BCUT2D eigenvalue weighted by Crippen LogP contribution is -2.05. The number of benzene rings is 1. The summed E-state index contributed by atoms with van der Waals surface area (Å²) in [4.78, 5) is 8.41. The summed E-state index contributed by atoms with van der Waals surface area (Å²) in [5, 5.41) is 0. The second-order valence-corrected chi connectivity index (χ2v) is 4.73. The van der Waals surface area contributed by atoms with Crippen LogP contribution in [0.25, 0.3) is 16.9 Å². The molecule has 7 heteroatoms. The highest BCUT2D eigenvalue weighted by Gasteiger charge is 2.30. The average molecular weight is 307 g/mol. The number of imidazole rings is 1. The normalized spacial score (nSPS) is 12.0. The van der Waals surface area contributed by atoms with E-state index in [1.807, 2.05) is 0 Å². The van der Waals surface area contributed by atoms with Crippen molar-refractivity contribution in [1.82, 2.24) is 14.4 Å². The molecule has 0 unspecified atom stereocenters. The van der Waals surface area contributed by atoms with Gasteiger partial charge in [0.15, 0.2) is 5.65 Å². The molecule has 0 aliphatic carbocycles. The van der Waals surface area contributed by atoms with Crippen molar-refractivity contribution in [2.75, 3.05) is 7.11 Å². The van der Waals surface area contributed by atoms with E-state index in [-0.39, 0.29) is 6.61 Å². The van der Waals surface area contributed by atoms with Gasteiger partial charge in [-0.3, -0.25) is 4.40 Å². The number of alkyl halides is 3. The van der Waals surface area contributed by atoms with E-state index in [4.69, 9.17) is 4.74 Å². The topological polar surface area (TPSA) is 39.4 Å². The monoisotopic (exact) mass is 307 g/mol. The van der Waals surface area contributed by atoms with Crippen molar-refractivity contribution in [3.63, 3.8) is 0 Å². The second-order valence-electron chi connectivity index (χ2n) is 4.73. The number of rotatable bonds is 3. The zero-order chi connectivity index (χ0) is 15.7. The number of ether oxygens (including phenoxy) is 1. The van der Waals surface area contributed by atoms with Crippen LogP contribution < -0.4 is 0 Å². The molecular weight excluding hydrogens is 295 g/mol. The Labute approximate surface area is 124 Å². The van der Waals surface area contributed by atoms with Crippen LogP contribution in [0.15, 0.2) is 42.9 Å². The summed E-state index contributed by atoms with van der Waals surface area (Å²) in [5.41, 5.74) is 1.55. The van der Waals surface area contributed by atoms with E-state index < -0.39 is 11.7 Å². The summed E-state index contributed by atoms with van der Waals surface area (Å²) in [5.74, 6) is 0. The lowest BCUT2D eigenvalue weighted by atomic mass is 10.1. The summed E-state index contributed by atoms with van der Waals surface area (Å²) < 4.78 is 45.3. The lowest BCUT2D eigenvalue weighted by molar-refractivity contribution is -0.137. The Balaban J connectivity index is 2.15. The molecule has 4 nitrogen and oxygen atoms in total. The molecule has 0 saturated heterocycles. The second kappa shape index (κ2) is 5.42. The van der Waals surface area contributed by atoms with E-state index in [1.54, 1.807) is 29.8 Å². The van der Waals surface area contributed by atoms with Gasteiger partial charge >= 0.3 is 6.18 Å². The molecule has 2 aromatic heterocycles. The van der Waals surface area contributed by atoms with Gasteiger partial charge in [-0.1, -0.05) is 12.1 Å². The molecule has 0 radical (unpaired) electrons. The van der Waals surface area contributed by atoms with E-state index in [0.29, 0.717) is 22.6 Å². The third kappa shape index (κ3) is 2.55. The molecule has 0 N–H and O–H groups in total. The molecule has 0 amide bonds. The maximum Gasteiger partial charge on any atom is 0.416 e. The van der Waals surface area contributed by atoms with Crippen LogP contribution in [-0.4, -0.2) is 21.5 Å². The molecule has 0 atom stereocenters. The van der Waals surface area contributed by atoms with Crippen molar-refractivity contribution in [2.45, 2.75) is 12.8 Å². The Morgan fingerprint density at radius 3 is 2.73 bits per heavy atom. The van der Waals surface area contributed by atoms with Crippen LogP contribution in [0, 0.1) is 0 Å². The first-order valence-corrected chi connectivity index (χ1v) is 6.48. The zero-order valence-corrected chi connectivity index (χ0v) is 11.6. The minimum Gasteiger partial charge on any atom is -0.378 e. The van der Waals surface area contributed by atoms with Crippen molar-refractivity contribution >= 4 is 5.65 Å². The average Bonchev–Trinajstić information content (AvgIpc) is 2.90. The van der Waals surface area contributed by atoms with Crippen LogP contribution in [0.3, 0.4) is 0 Å². The first kappa shape index (κ1) is 14.5. The van der Waals surface area contributed by atoms with Gasteiger partial charge in [-0.05, 0) is 23.8 Å². The van der Waals surface area contributed by atoms with Crippen LogP contribution >= 0.6 is 0 Å². The Hall–Kier alpha value is -2.41. The molecule has 0 spiro atoms. The largest absolute Gasteiger partial charge is 0.416 e. The number of fused-ring (bicyclic) bond motifs is 1. The molecule has 0 fully saturated rings. The van der Waals surface area contributed by atoms with Gasteiger partial charge in [0.05, 0.1) is 17.9 Å². The van der Waals surface area contributed by atoms with Crippen molar-refractivity contribution in [3.8, 4) is 11.3 Å². The molecule has 3 rings (SSSR count). The molecule has 3 aromatic rings. The number of halogens is 3. The van der Waals surface area contributed by atoms with Crippen molar-refractivity contribution in [3.05, 3.63) is 54.1 Å². The highest BCUT2D eigenvalue weighted by Crippen LogP contribution is 2.32. The fourth-order valence-electron chi connectivity index (χ4n) is 2.28. The first-order valence-electron chi connectivity index (χ1n) is 6.48. The number of nitrogens with zero attached hydrogens (tertiary/aromatic N) is 3. The Morgan fingerprint density at radius 1 is 1.18 bits per heavy atom. The van der Waals surface area contributed by atoms with Crippen LogP contribution in [0.1, 0.15) is 11.3 Å². The number of methoxy groups -OCH3 is 1. The van der Waals surface area contributed by atoms with Gasteiger partial charge in [0.2, 0.25) is 0 Å². The maximum absolute atomic E-state index is 12.9. The predicted molar refractivity (Wildman–Crippen MR) is 74.1 cm³/mol. The SMILES string of the molecule is COCc1ncn2c(-c3cccc(C(F)(F)F)c3)ccnc12. The van der Waals surface area contributed by atoms with Gasteiger partial charge in [0.1, 0.15) is 12.0 Å². The molecule has 0 aliphatic rings. The van der Waals surface area contributed by atoms with Gasteiger partial charge in [-0.25, -0.2) is 9.97 Å². The summed E-state index contributed by atoms with van der Waals surface area (Å²) in [6.45, 7) is 0.287. The van der Waals surface area contributed by atoms with Crippen LogP contribution in [-0.2, 0) is 17.5 Å². The molecule has 1 aromatic carbocycles. The van der Waals surface area contributed by atoms with Crippen molar-refractivity contribution < 1.29 is 17.9 Å². The Kier molecular flexibility index (Phi) is 3.58. The molecule has 2 heterocycles. The van der Waals surface area contributed by atoms with Crippen molar-refractivity contribution in [2.24, 2.45) is 0 Å². The van der Waals surface area contributed by atoms with Crippen LogP contribution in [0.2, 0.25) is 0 Å². The van der Waals surface area contributed by atoms with E-state index in [1.165, 1.54) is 12.4 Å². The lowest BCUT2D eigenvalue weighted by Gasteiger charge is -2.10. The molecular formula is C15H12F3N3O. The fourth-order valence-corrected chi connectivity index (χ4v) is 2.28. The van der Waals surface area contributed by atoms with E-state index in [0.717, 1.165) is 12.1 Å². The summed E-state index contributed by atoms with van der Waals surface area (Å²) in [6, 6.07) is 6.83. The smallest absolute Gasteiger partial charge is 0.378 e. The molecule has 0 bridgehead atoms. The zero-order valence-electron chi connectivity index (χ0n) is 11.6. The first-order chi connectivity index (χ1) is 10.5. The number of aromatic nitrogens is 3. The predicted octanol–water partition coefficient (Wildman–Crippen LogP) is 3.56. The minimum absolute atomic E-state index is 0.287. The highest BCUT2D eigenvalue weighted by atomic mass is 19.4. The highest BCUT2D eigenvalue weighted by molar-refractivity contribution is 5.64. The standard InChI is InChI=1S/C15H12F3N3O/c1-22-8-12-14-19-6-5-13(21(14)9-20-12)10-3-2-4-11(7-10)15(16,17)18/h2-7,9H,8H2,1H3. The minimum atomic E-state index is -4.38. The Morgan fingerprint density at radius 2 is 2.00 bits per heavy atom. The van der Waals surface area contributed by atoms with Crippen molar-refractivity contribution in [1.29, 1.82) is 0 Å². The van der Waals surface area contributed by atoms with Gasteiger partial charge in [-0.2, -0.15) is 13.2 Å². The van der Waals surface area contributed by atoms with Crippen LogP contribution in [0.5, 0.6) is 0 Å². The summed E-state index contributed by atoms with van der Waals surface area (Å²) in [6.07, 6.45) is -1.30. The molecule has 0 saturated carbocycles. The third-order valence-corrected chi connectivity index (χ3v) is 3.27. The molecule has 22 heavy (non-hydrogen) atoms. The number of hydrogen-bond acceptors (Lipinski definition) is 3. The Bertz CT molecular complexity index is 811. The van der Waals surface area contributed by atoms with Gasteiger partial charge in [-0.15, -0.1) is 0 Å².